The van der Waals surface area contributed by atoms with Crippen LogP contribution in [-0.4, -0.2) is 11.7 Å². The molecule has 0 saturated carbocycles. The van der Waals surface area contributed by atoms with Crippen LogP contribution in [-0.2, 0) is 12.8 Å². The Balaban J connectivity index is 1.63. The molecule has 20 heavy (non-hydrogen) atoms. The molecule has 0 amide bonds. The van der Waals surface area contributed by atoms with E-state index in [1.807, 2.05) is 24.3 Å². The van der Waals surface area contributed by atoms with Gasteiger partial charge in [-0.05, 0) is 42.5 Å². The van der Waals surface area contributed by atoms with Crippen molar-refractivity contribution in [2.24, 2.45) is 0 Å². The molecular weight excluding hydrogens is 248 g/mol. The smallest absolute Gasteiger partial charge is 0.122 e. The minimum Gasteiger partial charge on any atom is -0.493 e. The Morgan fingerprint density at radius 1 is 1.15 bits per heavy atom. The maximum absolute atomic E-state index is 10.2. The summed E-state index contributed by atoms with van der Waals surface area (Å²) in [6, 6.07) is 14.5. The topological polar surface area (TPSA) is 29.5 Å². The molecule has 2 aromatic carbocycles. The van der Waals surface area contributed by atoms with Gasteiger partial charge < -0.3 is 9.84 Å². The second-order valence-corrected chi connectivity index (χ2v) is 5.51. The lowest BCUT2D eigenvalue weighted by Gasteiger charge is -2.11. The van der Waals surface area contributed by atoms with Crippen molar-refractivity contribution in [3.63, 3.8) is 0 Å². The summed E-state index contributed by atoms with van der Waals surface area (Å²) in [5.74, 6) is 1.02. The highest BCUT2D eigenvalue weighted by atomic mass is 16.5. The number of hydrogen-bond donors (Lipinski definition) is 1. The summed E-state index contributed by atoms with van der Waals surface area (Å²) in [6.45, 7) is 2.85. The molecule has 2 aromatic rings. The number of aliphatic hydroxyl groups is 1. The summed E-state index contributed by atoms with van der Waals surface area (Å²) in [7, 11) is 0. The molecule has 1 aliphatic heterocycles. The molecule has 1 aliphatic rings. The molecule has 0 aliphatic carbocycles. The number of fused-ring (bicyclic) bond motifs is 1. The Bertz CT molecular complexity index is 587. The first-order chi connectivity index (χ1) is 9.72. The standard InChI is InChI=1S/C18H20O2/c1-13-2-6-15(7-3-13)17(19)8-4-14-5-9-18-16(12-14)10-11-20-18/h2-3,5-7,9,12,17,19H,4,8,10-11H2,1H3. The largest absolute Gasteiger partial charge is 0.493 e. The number of rotatable bonds is 4. The van der Waals surface area contributed by atoms with Gasteiger partial charge in [-0.1, -0.05) is 42.0 Å². The zero-order valence-electron chi connectivity index (χ0n) is 11.8. The Hall–Kier alpha value is -1.80. The van der Waals surface area contributed by atoms with E-state index in [0.29, 0.717) is 0 Å². The maximum atomic E-state index is 10.2. The van der Waals surface area contributed by atoms with Crippen LogP contribution in [0.2, 0.25) is 0 Å². The number of ether oxygens (including phenoxy) is 1. The van der Waals surface area contributed by atoms with E-state index in [2.05, 4.69) is 25.1 Å². The molecule has 2 heteroatoms. The van der Waals surface area contributed by atoms with Crippen molar-refractivity contribution >= 4 is 0 Å². The van der Waals surface area contributed by atoms with Crippen molar-refractivity contribution in [3.8, 4) is 5.75 Å². The number of hydrogen-bond acceptors (Lipinski definition) is 2. The highest BCUT2D eigenvalue weighted by Crippen LogP contribution is 2.27. The van der Waals surface area contributed by atoms with Crippen LogP contribution in [0.4, 0.5) is 0 Å². The average molecular weight is 268 g/mol. The Labute approximate surface area is 120 Å². The van der Waals surface area contributed by atoms with Gasteiger partial charge in [0.1, 0.15) is 5.75 Å². The molecule has 104 valence electrons. The molecule has 0 spiro atoms. The van der Waals surface area contributed by atoms with Gasteiger partial charge in [0, 0.05) is 6.42 Å². The van der Waals surface area contributed by atoms with Crippen LogP contribution in [0.1, 0.15) is 34.8 Å². The fourth-order valence-electron chi connectivity index (χ4n) is 2.65. The fraction of sp³-hybridized carbons (Fsp3) is 0.333. The summed E-state index contributed by atoms with van der Waals surface area (Å²) in [5, 5.41) is 10.2. The van der Waals surface area contributed by atoms with Gasteiger partial charge >= 0.3 is 0 Å². The van der Waals surface area contributed by atoms with Crippen LogP contribution in [0.3, 0.4) is 0 Å². The molecular formula is C18H20O2. The summed E-state index contributed by atoms with van der Waals surface area (Å²) in [5.41, 5.74) is 4.80. The number of benzene rings is 2. The minimum absolute atomic E-state index is 0.389. The number of aryl methyl sites for hydroxylation is 2. The number of aliphatic hydroxyl groups excluding tert-OH is 1. The average Bonchev–Trinajstić information content (AvgIpc) is 2.93. The Morgan fingerprint density at radius 3 is 2.75 bits per heavy atom. The van der Waals surface area contributed by atoms with Gasteiger partial charge in [-0.3, -0.25) is 0 Å². The van der Waals surface area contributed by atoms with E-state index in [9.17, 15) is 5.11 Å². The van der Waals surface area contributed by atoms with Crippen molar-refractivity contribution in [2.45, 2.75) is 32.3 Å². The molecule has 2 nitrogen and oxygen atoms in total. The van der Waals surface area contributed by atoms with Gasteiger partial charge in [-0.2, -0.15) is 0 Å². The lowest BCUT2D eigenvalue weighted by Crippen LogP contribution is -2.00. The van der Waals surface area contributed by atoms with E-state index < -0.39 is 0 Å². The molecule has 1 heterocycles. The predicted molar refractivity (Wildman–Crippen MR) is 80.1 cm³/mol. The molecule has 1 N–H and O–H groups in total. The third-order valence-corrected chi connectivity index (χ3v) is 3.92. The van der Waals surface area contributed by atoms with E-state index in [0.717, 1.165) is 37.2 Å². The fourth-order valence-corrected chi connectivity index (χ4v) is 2.65. The normalized spacial score (nSPS) is 14.7. The van der Waals surface area contributed by atoms with Gasteiger partial charge in [0.25, 0.3) is 0 Å². The van der Waals surface area contributed by atoms with E-state index in [1.165, 1.54) is 16.7 Å². The zero-order valence-corrected chi connectivity index (χ0v) is 11.8. The minimum atomic E-state index is -0.389. The van der Waals surface area contributed by atoms with Gasteiger partial charge in [0.2, 0.25) is 0 Å². The van der Waals surface area contributed by atoms with Crippen LogP contribution < -0.4 is 4.74 Å². The second-order valence-electron chi connectivity index (χ2n) is 5.51. The quantitative estimate of drug-likeness (QED) is 0.918. The lowest BCUT2D eigenvalue weighted by atomic mass is 9.99. The zero-order chi connectivity index (χ0) is 13.9. The van der Waals surface area contributed by atoms with Gasteiger partial charge in [0.05, 0.1) is 12.7 Å². The van der Waals surface area contributed by atoms with Gasteiger partial charge in [-0.15, -0.1) is 0 Å². The third-order valence-electron chi connectivity index (χ3n) is 3.92. The Kier molecular flexibility index (Phi) is 3.75. The predicted octanol–water partition coefficient (Wildman–Crippen LogP) is 3.60. The van der Waals surface area contributed by atoms with Crippen molar-refractivity contribution in [1.29, 1.82) is 0 Å². The molecule has 0 bridgehead atoms. The van der Waals surface area contributed by atoms with Crippen molar-refractivity contribution in [1.82, 2.24) is 0 Å². The summed E-state index contributed by atoms with van der Waals surface area (Å²) < 4.78 is 5.51. The van der Waals surface area contributed by atoms with Gasteiger partial charge in [0.15, 0.2) is 0 Å². The first-order valence-corrected chi connectivity index (χ1v) is 7.21. The highest BCUT2D eigenvalue weighted by Gasteiger charge is 2.13. The first kappa shape index (κ1) is 13.2. The van der Waals surface area contributed by atoms with Crippen LogP contribution >= 0.6 is 0 Å². The molecule has 0 aromatic heterocycles. The molecule has 0 saturated heterocycles. The van der Waals surface area contributed by atoms with E-state index in [1.54, 1.807) is 0 Å². The first-order valence-electron chi connectivity index (χ1n) is 7.21. The maximum Gasteiger partial charge on any atom is 0.122 e. The van der Waals surface area contributed by atoms with Crippen LogP contribution in [0.5, 0.6) is 5.75 Å². The molecule has 1 atom stereocenters. The van der Waals surface area contributed by atoms with Crippen LogP contribution in [0.25, 0.3) is 0 Å². The SMILES string of the molecule is Cc1ccc(C(O)CCc2ccc3c(c2)CCO3)cc1. The lowest BCUT2D eigenvalue weighted by molar-refractivity contribution is 0.168. The van der Waals surface area contributed by atoms with Crippen molar-refractivity contribution in [3.05, 3.63) is 64.7 Å². The third kappa shape index (κ3) is 2.86. The highest BCUT2D eigenvalue weighted by molar-refractivity contribution is 5.39. The summed E-state index contributed by atoms with van der Waals surface area (Å²) in [4.78, 5) is 0. The van der Waals surface area contributed by atoms with Crippen LogP contribution in [0, 0.1) is 6.92 Å². The monoisotopic (exact) mass is 268 g/mol. The summed E-state index contributed by atoms with van der Waals surface area (Å²) >= 11 is 0. The van der Waals surface area contributed by atoms with Crippen molar-refractivity contribution < 1.29 is 9.84 Å². The molecule has 3 rings (SSSR count). The molecule has 0 radical (unpaired) electrons. The Morgan fingerprint density at radius 2 is 1.95 bits per heavy atom. The van der Waals surface area contributed by atoms with Crippen molar-refractivity contribution in [2.75, 3.05) is 6.61 Å². The van der Waals surface area contributed by atoms with Crippen LogP contribution in [0.15, 0.2) is 42.5 Å². The molecule has 0 fully saturated rings. The molecule has 1 unspecified atom stereocenters. The second kappa shape index (κ2) is 5.68. The van der Waals surface area contributed by atoms with E-state index in [4.69, 9.17) is 4.74 Å². The van der Waals surface area contributed by atoms with E-state index in [-0.39, 0.29) is 6.10 Å². The van der Waals surface area contributed by atoms with E-state index >= 15 is 0 Å². The van der Waals surface area contributed by atoms with Gasteiger partial charge in [-0.25, -0.2) is 0 Å². The summed E-state index contributed by atoms with van der Waals surface area (Å²) in [6.07, 6.45) is 2.26.